The highest BCUT2D eigenvalue weighted by atomic mass is 16.5. The topological polar surface area (TPSA) is 75.4 Å². The second-order valence-electron chi connectivity index (χ2n) is 7.46. The number of nitrogens with zero attached hydrogens (tertiary/aromatic N) is 2. The van der Waals surface area contributed by atoms with Crippen molar-refractivity contribution in [1.82, 2.24) is 10.1 Å². The number of nitrogens with one attached hydrogen (secondary N) is 1. The van der Waals surface area contributed by atoms with Crippen molar-refractivity contribution in [2.24, 2.45) is 0 Å². The first-order valence-electron chi connectivity index (χ1n) is 10.6. The van der Waals surface area contributed by atoms with Crippen LogP contribution in [0.25, 0.3) is 0 Å². The van der Waals surface area contributed by atoms with E-state index in [4.69, 9.17) is 4.52 Å². The maximum atomic E-state index is 13.0. The Kier molecular flexibility index (Phi) is 9.41. The molecule has 0 aliphatic carbocycles. The second kappa shape index (κ2) is 12.0. The molecule has 1 heterocycles. The molecule has 1 aromatic carbocycles. The highest BCUT2D eigenvalue weighted by molar-refractivity contribution is 5.99. The molecule has 1 aromatic heterocycles. The van der Waals surface area contributed by atoms with Crippen LogP contribution in [0.3, 0.4) is 0 Å². The lowest BCUT2D eigenvalue weighted by atomic mass is 10.1. The average Bonchev–Trinajstić information content (AvgIpc) is 3.13. The summed E-state index contributed by atoms with van der Waals surface area (Å²) in [6.45, 7) is 6.63. The van der Waals surface area contributed by atoms with E-state index in [-0.39, 0.29) is 18.4 Å². The highest BCUT2D eigenvalue weighted by Gasteiger charge is 2.19. The molecule has 158 valence electrons. The van der Waals surface area contributed by atoms with Crippen molar-refractivity contribution in [2.45, 2.75) is 65.7 Å². The van der Waals surface area contributed by atoms with Crippen molar-refractivity contribution in [1.29, 1.82) is 0 Å². The van der Waals surface area contributed by atoms with E-state index in [1.165, 1.54) is 5.56 Å². The lowest BCUT2D eigenvalue weighted by Gasteiger charge is -2.22. The van der Waals surface area contributed by atoms with Crippen molar-refractivity contribution in [3.8, 4) is 0 Å². The maximum Gasteiger partial charge on any atom is 0.254 e. The van der Waals surface area contributed by atoms with Crippen molar-refractivity contribution < 1.29 is 14.1 Å². The van der Waals surface area contributed by atoms with Crippen LogP contribution in [0.5, 0.6) is 0 Å². The Morgan fingerprint density at radius 2 is 1.76 bits per heavy atom. The third-order valence-electron chi connectivity index (χ3n) is 4.82. The lowest BCUT2D eigenvalue weighted by Crippen LogP contribution is -2.38. The van der Waals surface area contributed by atoms with Gasteiger partial charge in [-0.15, -0.1) is 0 Å². The second-order valence-corrected chi connectivity index (χ2v) is 7.46. The van der Waals surface area contributed by atoms with Crippen LogP contribution in [0, 0.1) is 6.92 Å². The van der Waals surface area contributed by atoms with Gasteiger partial charge in [-0.05, 0) is 43.9 Å². The molecular weight excluding hydrogens is 366 g/mol. The fourth-order valence-corrected chi connectivity index (χ4v) is 3.14. The Balaban J connectivity index is 2.02. The van der Waals surface area contributed by atoms with Gasteiger partial charge in [0.05, 0.1) is 0 Å². The van der Waals surface area contributed by atoms with Gasteiger partial charge in [0.1, 0.15) is 12.3 Å². The Morgan fingerprint density at radius 3 is 2.38 bits per heavy atom. The van der Waals surface area contributed by atoms with Crippen LogP contribution >= 0.6 is 0 Å². The van der Waals surface area contributed by atoms with Gasteiger partial charge in [0.15, 0.2) is 5.82 Å². The Bertz CT molecular complexity index is 768. The van der Waals surface area contributed by atoms with E-state index >= 15 is 0 Å². The van der Waals surface area contributed by atoms with E-state index in [0.717, 1.165) is 44.9 Å². The number of benzene rings is 1. The molecule has 0 bridgehead atoms. The SMILES string of the molecule is CCCCCCN(CC(=O)Nc1cc(C)on1)C(=O)c1ccc(CCCC)cc1. The molecule has 2 aromatic rings. The quantitative estimate of drug-likeness (QED) is 0.510. The van der Waals surface area contributed by atoms with E-state index in [1.54, 1.807) is 17.9 Å². The van der Waals surface area contributed by atoms with Gasteiger partial charge in [0, 0.05) is 18.2 Å². The maximum absolute atomic E-state index is 13.0. The number of anilines is 1. The molecule has 0 radical (unpaired) electrons. The third kappa shape index (κ3) is 7.72. The van der Waals surface area contributed by atoms with Gasteiger partial charge >= 0.3 is 0 Å². The minimum atomic E-state index is -0.276. The standard InChI is InChI=1S/C23H33N3O3/c1-4-6-8-9-15-26(17-22(27)24-21-16-18(3)29-25-21)23(28)20-13-11-19(12-14-20)10-7-5-2/h11-14,16H,4-10,15,17H2,1-3H3,(H,24,25,27). The molecule has 2 rings (SSSR count). The molecule has 0 aliphatic heterocycles. The van der Waals surface area contributed by atoms with Crippen LogP contribution in [0.15, 0.2) is 34.9 Å². The van der Waals surface area contributed by atoms with Crippen LogP contribution in [-0.2, 0) is 11.2 Å². The first-order chi connectivity index (χ1) is 14.0. The van der Waals surface area contributed by atoms with Crippen molar-refractivity contribution in [3.63, 3.8) is 0 Å². The summed E-state index contributed by atoms with van der Waals surface area (Å²) >= 11 is 0. The van der Waals surface area contributed by atoms with E-state index < -0.39 is 0 Å². The first kappa shape index (κ1) is 22.7. The largest absolute Gasteiger partial charge is 0.360 e. The molecule has 6 heteroatoms. The lowest BCUT2D eigenvalue weighted by molar-refractivity contribution is -0.117. The van der Waals surface area contributed by atoms with Crippen LogP contribution in [-0.4, -0.2) is 35.0 Å². The fraction of sp³-hybridized carbons (Fsp3) is 0.522. The third-order valence-corrected chi connectivity index (χ3v) is 4.82. The van der Waals surface area contributed by atoms with Gasteiger partial charge in [-0.3, -0.25) is 9.59 Å². The normalized spacial score (nSPS) is 10.7. The van der Waals surface area contributed by atoms with Gasteiger partial charge in [0.25, 0.3) is 5.91 Å². The fourth-order valence-electron chi connectivity index (χ4n) is 3.14. The summed E-state index contributed by atoms with van der Waals surface area (Å²) in [5.41, 5.74) is 1.85. The minimum Gasteiger partial charge on any atom is -0.360 e. The number of unbranched alkanes of at least 4 members (excludes halogenated alkanes) is 4. The van der Waals surface area contributed by atoms with Crippen molar-refractivity contribution >= 4 is 17.6 Å². The summed E-state index contributed by atoms with van der Waals surface area (Å²) in [4.78, 5) is 27.1. The first-order valence-corrected chi connectivity index (χ1v) is 10.6. The average molecular weight is 400 g/mol. The molecule has 0 aliphatic rings. The zero-order valence-electron chi connectivity index (χ0n) is 17.9. The summed E-state index contributed by atoms with van der Waals surface area (Å²) in [6.07, 6.45) is 7.47. The molecule has 0 fully saturated rings. The van der Waals surface area contributed by atoms with E-state index in [1.807, 2.05) is 24.3 Å². The molecule has 0 spiro atoms. The van der Waals surface area contributed by atoms with Crippen molar-refractivity contribution in [3.05, 3.63) is 47.2 Å². The van der Waals surface area contributed by atoms with Crippen molar-refractivity contribution in [2.75, 3.05) is 18.4 Å². The zero-order chi connectivity index (χ0) is 21.1. The summed E-state index contributed by atoms with van der Waals surface area (Å²) in [6, 6.07) is 9.41. The summed E-state index contributed by atoms with van der Waals surface area (Å²) in [5, 5.41) is 6.47. The predicted molar refractivity (Wildman–Crippen MR) is 115 cm³/mol. The number of carbonyl (C=O) groups excluding carboxylic acids is 2. The predicted octanol–water partition coefficient (Wildman–Crippen LogP) is 4.99. The molecule has 1 N–H and O–H groups in total. The highest BCUT2D eigenvalue weighted by Crippen LogP contribution is 2.13. The smallest absolute Gasteiger partial charge is 0.254 e. The van der Waals surface area contributed by atoms with Crippen LogP contribution in [0.4, 0.5) is 5.82 Å². The molecule has 0 saturated heterocycles. The van der Waals surface area contributed by atoms with E-state index in [9.17, 15) is 9.59 Å². The monoisotopic (exact) mass is 399 g/mol. The molecule has 29 heavy (non-hydrogen) atoms. The summed E-state index contributed by atoms with van der Waals surface area (Å²) in [5.74, 6) is 0.596. The number of rotatable bonds is 12. The molecule has 0 saturated carbocycles. The van der Waals surface area contributed by atoms with Gasteiger partial charge < -0.3 is 14.7 Å². The molecule has 0 unspecified atom stereocenters. The van der Waals surface area contributed by atoms with E-state index in [0.29, 0.717) is 23.7 Å². The number of aryl methyl sites for hydroxylation is 2. The summed E-state index contributed by atoms with van der Waals surface area (Å²) < 4.78 is 4.97. The number of amides is 2. The van der Waals surface area contributed by atoms with Crippen LogP contribution in [0.1, 0.15) is 74.1 Å². The molecule has 2 amide bonds. The van der Waals surface area contributed by atoms with Crippen LogP contribution < -0.4 is 5.32 Å². The zero-order valence-corrected chi connectivity index (χ0v) is 17.9. The minimum absolute atomic E-state index is 0.00550. The Hall–Kier alpha value is -2.63. The molecule has 6 nitrogen and oxygen atoms in total. The van der Waals surface area contributed by atoms with Gasteiger partial charge in [-0.2, -0.15) is 0 Å². The Morgan fingerprint density at radius 1 is 1.03 bits per heavy atom. The molecular formula is C23H33N3O3. The summed E-state index contributed by atoms with van der Waals surface area (Å²) in [7, 11) is 0. The number of carbonyl (C=O) groups is 2. The van der Waals surface area contributed by atoms with Crippen LogP contribution in [0.2, 0.25) is 0 Å². The Labute approximate surface area is 173 Å². The number of hydrogen-bond donors (Lipinski definition) is 1. The number of hydrogen-bond acceptors (Lipinski definition) is 4. The van der Waals surface area contributed by atoms with Gasteiger partial charge in [0.2, 0.25) is 5.91 Å². The van der Waals surface area contributed by atoms with E-state index in [2.05, 4.69) is 24.3 Å². The number of aromatic nitrogens is 1. The molecule has 0 atom stereocenters. The van der Waals surface area contributed by atoms with Gasteiger partial charge in [-0.25, -0.2) is 0 Å². The van der Waals surface area contributed by atoms with Gasteiger partial charge in [-0.1, -0.05) is 56.8 Å².